The Morgan fingerprint density at radius 1 is 1.50 bits per heavy atom. The van der Waals surface area contributed by atoms with Crippen LogP contribution in [0.15, 0.2) is 18.5 Å². The van der Waals surface area contributed by atoms with Gasteiger partial charge < -0.3 is 5.32 Å². The molecule has 1 aromatic heterocycles. The quantitative estimate of drug-likeness (QED) is 0.750. The van der Waals surface area contributed by atoms with Crippen LogP contribution in [-0.4, -0.2) is 42.3 Å². The van der Waals surface area contributed by atoms with E-state index in [1.807, 2.05) is 23.9 Å². The zero-order chi connectivity index (χ0) is 12.0. The average molecular weight is 245 g/mol. The van der Waals surface area contributed by atoms with E-state index in [9.17, 15) is 8.42 Å². The van der Waals surface area contributed by atoms with E-state index in [1.54, 1.807) is 13.1 Å². The molecule has 6 heteroatoms. The monoisotopic (exact) mass is 245 g/mol. The van der Waals surface area contributed by atoms with Crippen LogP contribution in [-0.2, 0) is 16.4 Å². The van der Waals surface area contributed by atoms with Gasteiger partial charge in [0.05, 0.1) is 12.3 Å². The van der Waals surface area contributed by atoms with E-state index < -0.39 is 9.84 Å². The first-order valence-electron chi connectivity index (χ1n) is 5.44. The Kier molecular flexibility index (Phi) is 4.95. The Balaban J connectivity index is 2.23. The summed E-state index contributed by atoms with van der Waals surface area (Å²) in [5, 5.41) is 7.23. The summed E-state index contributed by atoms with van der Waals surface area (Å²) in [7, 11) is -2.89. The molecular weight excluding hydrogens is 226 g/mol. The van der Waals surface area contributed by atoms with Crippen molar-refractivity contribution in [3.05, 3.63) is 18.5 Å². The van der Waals surface area contributed by atoms with Crippen molar-refractivity contribution in [1.29, 1.82) is 0 Å². The highest BCUT2D eigenvalue weighted by Crippen LogP contribution is 1.94. The van der Waals surface area contributed by atoms with Crippen LogP contribution in [0.1, 0.15) is 13.8 Å². The summed E-state index contributed by atoms with van der Waals surface area (Å²) >= 11 is 0. The number of aromatic nitrogens is 2. The molecule has 0 radical (unpaired) electrons. The van der Waals surface area contributed by atoms with Gasteiger partial charge in [0.25, 0.3) is 0 Å². The minimum absolute atomic E-state index is 0.0134. The lowest BCUT2D eigenvalue weighted by molar-refractivity contribution is 0.510. The summed E-state index contributed by atoms with van der Waals surface area (Å²) in [6, 6.07) is 1.85. The zero-order valence-corrected chi connectivity index (χ0v) is 10.6. The molecule has 92 valence electrons. The van der Waals surface area contributed by atoms with Crippen molar-refractivity contribution in [2.45, 2.75) is 26.4 Å². The molecule has 0 saturated carbocycles. The Bertz CT molecular complexity index is 386. The van der Waals surface area contributed by atoms with E-state index in [0.29, 0.717) is 0 Å². The zero-order valence-electron chi connectivity index (χ0n) is 9.76. The molecule has 16 heavy (non-hydrogen) atoms. The van der Waals surface area contributed by atoms with Crippen LogP contribution in [0.4, 0.5) is 0 Å². The van der Waals surface area contributed by atoms with Crippen LogP contribution in [0.3, 0.4) is 0 Å². The summed E-state index contributed by atoms with van der Waals surface area (Å²) in [4.78, 5) is 0. The first-order valence-corrected chi connectivity index (χ1v) is 7.27. The minimum Gasteiger partial charge on any atom is -0.311 e. The topological polar surface area (TPSA) is 64.0 Å². The molecule has 1 unspecified atom stereocenters. The van der Waals surface area contributed by atoms with Crippen LogP contribution in [0.2, 0.25) is 0 Å². The second kappa shape index (κ2) is 6.00. The molecule has 0 spiro atoms. The fourth-order valence-corrected chi connectivity index (χ4v) is 2.53. The number of hydrogen-bond donors (Lipinski definition) is 1. The highest BCUT2D eigenvalue weighted by Gasteiger charge is 2.12. The average Bonchev–Trinajstić information content (AvgIpc) is 2.70. The molecule has 0 aliphatic heterocycles. The highest BCUT2D eigenvalue weighted by molar-refractivity contribution is 7.91. The summed E-state index contributed by atoms with van der Waals surface area (Å²) in [6.45, 7) is 5.04. The third-order valence-electron chi connectivity index (χ3n) is 2.34. The van der Waals surface area contributed by atoms with E-state index in [1.165, 1.54) is 0 Å². The molecule has 0 aromatic carbocycles. The Morgan fingerprint density at radius 2 is 2.25 bits per heavy atom. The van der Waals surface area contributed by atoms with Gasteiger partial charge in [-0.1, -0.05) is 6.92 Å². The molecule has 0 aliphatic carbocycles. The maximum Gasteiger partial charge on any atom is 0.151 e. The first-order chi connectivity index (χ1) is 7.53. The molecule has 0 aliphatic rings. The van der Waals surface area contributed by atoms with Crippen LogP contribution >= 0.6 is 0 Å². The molecule has 1 heterocycles. The second-order valence-electron chi connectivity index (χ2n) is 3.82. The predicted octanol–water partition coefficient (Wildman–Crippen LogP) is 0.296. The summed E-state index contributed by atoms with van der Waals surface area (Å²) in [6.07, 6.45) is 3.61. The van der Waals surface area contributed by atoms with Gasteiger partial charge in [-0.2, -0.15) is 5.10 Å². The predicted molar refractivity (Wildman–Crippen MR) is 64.0 cm³/mol. The lowest BCUT2D eigenvalue weighted by atomic mass is 10.4. The fourth-order valence-electron chi connectivity index (χ4n) is 1.42. The van der Waals surface area contributed by atoms with Gasteiger partial charge in [0.2, 0.25) is 0 Å². The van der Waals surface area contributed by atoms with E-state index in [-0.39, 0.29) is 17.5 Å². The van der Waals surface area contributed by atoms with Crippen molar-refractivity contribution >= 4 is 9.84 Å². The first kappa shape index (κ1) is 13.2. The van der Waals surface area contributed by atoms with Gasteiger partial charge >= 0.3 is 0 Å². The minimum atomic E-state index is -2.89. The van der Waals surface area contributed by atoms with Crippen molar-refractivity contribution in [1.82, 2.24) is 15.1 Å². The fraction of sp³-hybridized carbons (Fsp3) is 0.700. The lowest BCUT2D eigenvalue weighted by Crippen LogP contribution is -2.35. The third-order valence-corrected chi connectivity index (χ3v) is 4.22. The largest absolute Gasteiger partial charge is 0.311 e. The molecule has 5 nitrogen and oxygen atoms in total. The molecule has 0 bridgehead atoms. The van der Waals surface area contributed by atoms with Crippen molar-refractivity contribution in [2.75, 3.05) is 18.1 Å². The van der Waals surface area contributed by atoms with Crippen LogP contribution < -0.4 is 5.32 Å². The smallest absolute Gasteiger partial charge is 0.151 e. The van der Waals surface area contributed by atoms with Gasteiger partial charge in [-0.15, -0.1) is 0 Å². The molecule has 1 rings (SSSR count). The van der Waals surface area contributed by atoms with Gasteiger partial charge in [0.1, 0.15) is 0 Å². The molecule has 1 aromatic rings. The van der Waals surface area contributed by atoms with Crippen molar-refractivity contribution < 1.29 is 8.42 Å². The maximum absolute atomic E-state index is 11.3. The Labute approximate surface area is 96.8 Å². The Hall–Kier alpha value is -0.880. The molecule has 0 fully saturated rings. The Morgan fingerprint density at radius 3 is 2.81 bits per heavy atom. The number of nitrogens with one attached hydrogen (secondary N) is 1. The van der Waals surface area contributed by atoms with Crippen LogP contribution in [0.25, 0.3) is 0 Å². The van der Waals surface area contributed by atoms with E-state index in [0.717, 1.165) is 13.1 Å². The van der Waals surface area contributed by atoms with Gasteiger partial charge in [0.15, 0.2) is 9.84 Å². The van der Waals surface area contributed by atoms with E-state index >= 15 is 0 Å². The number of sulfone groups is 1. The number of hydrogen-bond acceptors (Lipinski definition) is 4. The lowest BCUT2D eigenvalue weighted by Gasteiger charge is -2.13. The maximum atomic E-state index is 11.3. The summed E-state index contributed by atoms with van der Waals surface area (Å²) in [5.41, 5.74) is 0. The van der Waals surface area contributed by atoms with Crippen molar-refractivity contribution in [3.63, 3.8) is 0 Å². The van der Waals surface area contributed by atoms with Gasteiger partial charge in [-0.3, -0.25) is 4.68 Å². The molecule has 1 atom stereocenters. The van der Waals surface area contributed by atoms with Gasteiger partial charge in [-0.05, 0) is 13.0 Å². The molecule has 0 saturated heterocycles. The normalized spacial score (nSPS) is 13.9. The van der Waals surface area contributed by atoms with Gasteiger partial charge in [-0.25, -0.2) is 8.42 Å². The molecule has 1 N–H and O–H groups in total. The molecular formula is C10H19N3O2S. The van der Waals surface area contributed by atoms with Crippen LogP contribution in [0, 0.1) is 0 Å². The third kappa shape index (κ3) is 4.76. The number of nitrogens with zero attached hydrogens (tertiary/aromatic N) is 2. The van der Waals surface area contributed by atoms with Crippen molar-refractivity contribution in [2.24, 2.45) is 0 Å². The van der Waals surface area contributed by atoms with E-state index in [2.05, 4.69) is 10.4 Å². The van der Waals surface area contributed by atoms with Crippen molar-refractivity contribution in [3.8, 4) is 0 Å². The highest BCUT2D eigenvalue weighted by atomic mass is 32.2. The summed E-state index contributed by atoms with van der Waals surface area (Å²) in [5.74, 6) is 0.404. The van der Waals surface area contributed by atoms with Crippen LogP contribution in [0.5, 0.6) is 0 Å². The summed E-state index contributed by atoms with van der Waals surface area (Å²) < 4.78 is 24.5. The van der Waals surface area contributed by atoms with Gasteiger partial charge in [0, 0.05) is 30.7 Å². The SMILES string of the molecule is CCS(=O)(=O)CC(C)NCCn1cccn1. The van der Waals surface area contributed by atoms with E-state index in [4.69, 9.17) is 0 Å². The standard InChI is InChI=1S/C10H19N3O2S/c1-3-16(14,15)9-10(2)11-6-8-13-7-4-5-12-13/h4-5,7,10-11H,3,6,8-9H2,1-2H3. The second-order valence-corrected chi connectivity index (χ2v) is 6.22. The number of rotatable bonds is 7. The molecule has 0 amide bonds.